The molecule has 0 bridgehead atoms. The molecular formula is C19H28FN5O4. The van der Waals surface area contributed by atoms with Crippen LogP contribution >= 0.6 is 0 Å². The van der Waals surface area contributed by atoms with Gasteiger partial charge in [-0.3, -0.25) is 15.5 Å². The molecule has 0 aliphatic carbocycles. The molecule has 0 fully saturated rings. The summed E-state index contributed by atoms with van der Waals surface area (Å²) in [5.74, 6) is -0.522. The Hall–Kier alpha value is -2.90. The number of methoxy groups -OCH3 is 1. The normalized spacial score (nSPS) is 13.0. The van der Waals surface area contributed by atoms with Crippen LogP contribution in [0.25, 0.3) is 0 Å². The summed E-state index contributed by atoms with van der Waals surface area (Å²) in [5.41, 5.74) is -1.08. The van der Waals surface area contributed by atoms with Crippen LogP contribution in [0.15, 0.2) is 24.3 Å². The van der Waals surface area contributed by atoms with Crippen LogP contribution in [0.2, 0.25) is 0 Å². The maximum absolute atomic E-state index is 13.0. The molecule has 0 saturated carbocycles. The molecule has 1 amide bonds. The molecule has 0 radical (unpaired) electrons. The van der Waals surface area contributed by atoms with Crippen LogP contribution in [0.4, 0.5) is 4.39 Å². The number of ether oxygens (including phenoxy) is 2. The molecule has 2 atom stereocenters. The van der Waals surface area contributed by atoms with Gasteiger partial charge in [0.15, 0.2) is 6.19 Å². The third-order valence-corrected chi connectivity index (χ3v) is 4.25. The molecule has 0 spiro atoms. The molecule has 29 heavy (non-hydrogen) atoms. The van der Waals surface area contributed by atoms with Crippen molar-refractivity contribution in [3.63, 3.8) is 0 Å². The van der Waals surface area contributed by atoms with Crippen molar-refractivity contribution in [2.45, 2.75) is 44.4 Å². The third-order valence-electron chi connectivity index (χ3n) is 4.25. The summed E-state index contributed by atoms with van der Waals surface area (Å²) in [6.07, 6.45) is 1.48. The van der Waals surface area contributed by atoms with E-state index in [0.29, 0.717) is 25.1 Å². The Labute approximate surface area is 169 Å². The van der Waals surface area contributed by atoms with Crippen molar-refractivity contribution in [1.82, 2.24) is 16.0 Å². The van der Waals surface area contributed by atoms with Gasteiger partial charge in [-0.25, -0.2) is 4.39 Å². The zero-order valence-corrected chi connectivity index (χ0v) is 16.8. The molecule has 1 rings (SSSR count). The van der Waals surface area contributed by atoms with Crippen molar-refractivity contribution in [2.75, 3.05) is 20.3 Å². The summed E-state index contributed by atoms with van der Waals surface area (Å²) in [5, 5.41) is 34.0. The van der Waals surface area contributed by atoms with Crippen LogP contribution in [-0.2, 0) is 9.53 Å². The van der Waals surface area contributed by atoms with E-state index in [-0.39, 0.29) is 12.6 Å². The average molecular weight is 409 g/mol. The molecule has 1 aromatic carbocycles. The standard InChI is InChI=1S/C19H28FN5O4/c1-19(2,28-3)17(27)25-15(5-4-10-23-18(22)24-12-21)16(26)11-29-14-8-6-13(20)7-9-14/h6-9,15-16,26H,4-5,10-11H2,1-3H3,(H,25,27)(H3,22,23,24). The molecule has 0 heterocycles. The smallest absolute Gasteiger partial charge is 0.251 e. The Kier molecular flexibility index (Phi) is 9.85. The first-order valence-corrected chi connectivity index (χ1v) is 9.09. The highest BCUT2D eigenvalue weighted by atomic mass is 19.1. The maximum Gasteiger partial charge on any atom is 0.251 e. The summed E-state index contributed by atoms with van der Waals surface area (Å²) in [7, 11) is 1.42. The summed E-state index contributed by atoms with van der Waals surface area (Å²) in [6, 6.07) is 4.75. The van der Waals surface area contributed by atoms with E-state index in [4.69, 9.17) is 20.1 Å². The second-order valence-electron chi connectivity index (χ2n) is 6.81. The molecule has 0 saturated heterocycles. The second kappa shape index (κ2) is 11.8. The van der Waals surface area contributed by atoms with E-state index in [0.717, 1.165) is 0 Å². The summed E-state index contributed by atoms with van der Waals surface area (Å²) in [6.45, 7) is 3.47. The summed E-state index contributed by atoms with van der Waals surface area (Å²) >= 11 is 0. The number of nitrogens with zero attached hydrogens (tertiary/aromatic N) is 1. The van der Waals surface area contributed by atoms with E-state index in [2.05, 4.69) is 16.0 Å². The van der Waals surface area contributed by atoms with Gasteiger partial charge in [-0.2, -0.15) is 5.26 Å². The van der Waals surface area contributed by atoms with Gasteiger partial charge < -0.3 is 25.2 Å². The first kappa shape index (κ1) is 24.1. The van der Waals surface area contributed by atoms with Crippen molar-refractivity contribution in [3.8, 4) is 11.9 Å². The predicted molar refractivity (Wildman–Crippen MR) is 105 cm³/mol. The number of nitriles is 1. The molecule has 10 heteroatoms. The lowest BCUT2D eigenvalue weighted by molar-refractivity contribution is -0.141. The molecule has 5 N–H and O–H groups in total. The topological polar surface area (TPSA) is 139 Å². The minimum Gasteiger partial charge on any atom is -0.491 e. The lowest BCUT2D eigenvalue weighted by atomic mass is 10.0. The minimum absolute atomic E-state index is 0.108. The zero-order chi connectivity index (χ0) is 21.9. The van der Waals surface area contributed by atoms with Crippen molar-refractivity contribution in [1.29, 1.82) is 10.7 Å². The van der Waals surface area contributed by atoms with Crippen LogP contribution in [0, 0.1) is 22.7 Å². The number of hydrogen-bond donors (Lipinski definition) is 5. The van der Waals surface area contributed by atoms with Crippen molar-refractivity contribution < 1.29 is 23.8 Å². The fraction of sp³-hybridized carbons (Fsp3) is 0.526. The van der Waals surface area contributed by atoms with Gasteiger partial charge in [-0.05, 0) is 51.0 Å². The predicted octanol–water partition coefficient (Wildman–Crippen LogP) is 0.850. The van der Waals surface area contributed by atoms with Crippen LogP contribution in [-0.4, -0.2) is 55.0 Å². The number of halogens is 1. The van der Waals surface area contributed by atoms with E-state index in [9.17, 15) is 14.3 Å². The van der Waals surface area contributed by atoms with Crippen LogP contribution in [0.1, 0.15) is 26.7 Å². The first-order chi connectivity index (χ1) is 13.7. The van der Waals surface area contributed by atoms with Crippen molar-refractivity contribution in [3.05, 3.63) is 30.1 Å². The third kappa shape index (κ3) is 8.76. The molecule has 9 nitrogen and oxygen atoms in total. The highest BCUT2D eigenvalue weighted by Gasteiger charge is 2.31. The Morgan fingerprint density at radius 1 is 1.38 bits per heavy atom. The largest absolute Gasteiger partial charge is 0.491 e. The molecule has 0 aliphatic heterocycles. The molecule has 2 unspecified atom stereocenters. The minimum atomic E-state index is -1.08. The van der Waals surface area contributed by atoms with Gasteiger partial charge in [0.2, 0.25) is 5.96 Å². The summed E-state index contributed by atoms with van der Waals surface area (Å²) in [4.78, 5) is 12.4. The van der Waals surface area contributed by atoms with Crippen molar-refractivity contribution >= 4 is 11.9 Å². The Morgan fingerprint density at radius 3 is 2.62 bits per heavy atom. The number of amides is 1. The van der Waals surface area contributed by atoms with Gasteiger partial charge in [0, 0.05) is 13.7 Å². The number of rotatable bonds is 11. The van der Waals surface area contributed by atoms with E-state index >= 15 is 0 Å². The van der Waals surface area contributed by atoms with Gasteiger partial charge in [-0.15, -0.1) is 0 Å². The Balaban J connectivity index is 2.66. The van der Waals surface area contributed by atoms with Gasteiger partial charge >= 0.3 is 0 Å². The van der Waals surface area contributed by atoms with Crippen LogP contribution in [0.3, 0.4) is 0 Å². The summed E-state index contributed by atoms with van der Waals surface area (Å²) < 4.78 is 23.6. The Morgan fingerprint density at radius 2 is 2.03 bits per heavy atom. The number of hydrogen-bond acceptors (Lipinski definition) is 6. The quantitative estimate of drug-likeness (QED) is 0.120. The highest BCUT2D eigenvalue weighted by molar-refractivity contribution is 5.84. The number of benzene rings is 1. The lowest BCUT2D eigenvalue weighted by Crippen LogP contribution is -2.53. The Bertz CT molecular complexity index is 706. The molecule has 1 aromatic rings. The van der Waals surface area contributed by atoms with Gasteiger partial charge in [0.25, 0.3) is 5.91 Å². The maximum atomic E-state index is 13.0. The van der Waals surface area contributed by atoms with Crippen LogP contribution < -0.4 is 20.7 Å². The van der Waals surface area contributed by atoms with E-state index < -0.39 is 29.5 Å². The van der Waals surface area contributed by atoms with E-state index in [1.54, 1.807) is 20.0 Å². The lowest BCUT2D eigenvalue weighted by Gasteiger charge is -2.29. The number of aliphatic hydroxyl groups excluding tert-OH is 1. The first-order valence-electron chi connectivity index (χ1n) is 9.09. The van der Waals surface area contributed by atoms with Crippen molar-refractivity contribution in [2.24, 2.45) is 0 Å². The monoisotopic (exact) mass is 409 g/mol. The number of carbonyl (C=O) groups is 1. The number of guanidine groups is 1. The molecular weight excluding hydrogens is 381 g/mol. The SMILES string of the molecule is COC(C)(C)C(=O)NC(CCCNC(=N)NC#N)C(O)COc1ccc(F)cc1. The fourth-order valence-electron chi connectivity index (χ4n) is 2.26. The van der Waals surface area contributed by atoms with Gasteiger partial charge in [0.1, 0.15) is 29.9 Å². The number of carbonyl (C=O) groups excluding carboxylic acids is 1. The van der Waals surface area contributed by atoms with E-state index in [1.807, 2.05) is 0 Å². The number of aliphatic hydroxyl groups is 1. The number of nitrogens with one attached hydrogen (secondary N) is 4. The molecule has 0 aliphatic rings. The van der Waals surface area contributed by atoms with Gasteiger partial charge in [0.05, 0.1) is 6.04 Å². The molecule has 160 valence electrons. The molecule has 0 aromatic heterocycles. The second-order valence-corrected chi connectivity index (χ2v) is 6.81. The highest BCUT2D eigenvalue weighted by Crippen LogP contribution is 2.14. The zero-order valence-electron chi connectivity index (χ0n) is 16.8. The fourth-order valence-corrected chi connectivity index (χ4v) is 2.26. The average Bonchev–Trinajstić information content (AvgIpc) is 2.69. The van der Waals surface area contributed by atoms with Crippen LogP contribution in [0.5, 0.6) is 5.75 Å². The van der Waals surface area contributed by atoms with E-state index in [1.165, 1.54) is 31.4 Å². The van der Waals surface area contributed by atoms with Gasteiger partial charge in [-0.1, -0.05) is 0 Å².